The third kappa shape index (κ3) is 6.38. The van der Waals surface area contributed by atoms with Crippen LogP contribution in [0.3, 0.4) is 0 Å². The molecule has 0 aromatic heterocycles. The van der Waals surface area contributed by atoms with Crippen molar-refractivity contribution in [1.82, 2.24) is 0 Å². The first kappa shape index (κ1) is 13.9. The van der Waals surface area contributed by atoms with Gasteiger partial charge in [-0.1, -0.05) is 25.8 Å². The van der Waals surface area contributed by atoms with E-state index in [4.69, 9.17) is 4.43 Å². The van der Waals surface area contributed by atoms with Crippen LogP contribution in [-0.4, -0.2) is 13.9 Å². The highest BCUT2D eigenvalue weighted by Gasteiger charge is 2.29. The lowest BCUT2D eigenvalue weighted by Crippen LogP contribution is -2.40. The SMILES string of the molecule is C=CCC(C)(CCCC)O[Si](C)(C)C. The van der Waals surface area contributed by atoms with Crippen LogP contribution in [0.1, 0.15) is 39.5 Å². The molecule has 0 aliphatic carbocycles. The van der Waals surface area contributed by atoms with Gasteiger partial charge < -0.3 is 4.43 Å². The molecule has 0 saturated heterocycles. The highest BCUT2D eigenvalue weighted by molar-refractivity contribution is 6.69. The van der Waals surface area contributed by atoms with E-state index in [1.165, 1.54) is 12.8 Å². The van der Waals surface area contributed by atoms with Crippen LogP contribution in [0.15, 0.2) is 12.7 Å². The van der Waals surface area contributed by atoms with Crippen molar-refractivity contribution in [2.75, 3.05) is 0 Å². The third-order valence-electron chi connectivity index (χ3n) is 2.19. The lowest BCUT2D eigenvalue weighted by atomic mass is 9.96. The fourth-order valence-electron chi connectivity index (χ4n) is 1.79. The molecule has 0 heterocycles. The second-order valence-electron chi connectivity index (χ2n) is 5.26. The molecule has 0 saturated carbocycles. The maximum atomic E-state index is 6.24. The molecule has 0 spiro atoms. The molecule has 2 heteroatoms. The van der Waals surface area contributed by atoms with Crippen molar-refractivity contribution >= 4 is 8.32 Å². The Morgan fingerprint density at radius 3 is 2.29 bits per heavy atom. The number of unbranched alkanes of at least 4 members (excludes halogenated alkanes) is 1. The van der Waals surface area contributed by atoms with Gasteiger partial charge in [0.2, 0.25) is 0 Å². The molecule has 0 aromatic rings. The third-order valence-corrected chi connectivity index (χ3v) is 3.29. The lowest BCUT2D eigenvalue weighted by molar-refractivity contribution is 0.0717. The molecule has 1 unspecified atom stereocenters. The predicted octanol–water partition coefficient (Wildman–Crippen LogP) is 4.36. The highest BCUT2D eigenvalue weighted by Crippen LogP contribution is 2.27. The minimum atomic E-state index is -1.43. The molecular formula is C12H26OSi. The fourth-order valence-corrected chi connectivity index (χ4v) is 3.45. The quantitative estimate of drug-likeness (QED) is 0.452. The first-order valence-electron chi connectivity index (χ1n) is 5.64. The molecule has 0 N–H and O–H groups in total. The van der Waals surface area contributed by atoms with E-state index in [1.807, 2.05) is 6.08 Å². The van der Waals surface area contributed by atoms with Crippen LogP contribution in [0.5, 0.6) is 0 Å². The normalized spacial score (nSPS) is 16.4. The van der Waals surface area contributed by atoms with Crippen molar-refractivity contribution in [1.29, 1.82) is 0 Å². The van der Waals surface area contributed by atoms with Gasteiger partial charge in [0.05, 0.1) is 5.60 Å². The van der Waals surface area contributed by atoms with Crippen LogP contribution in [-0.2, 0) is 4.43 Å². The van der Waals surface area contributed by atoms with Gasteiger partial charge in [-0.25, -0.2) is 0 Å². The molecule has 84 valence electrons. The van der Waals surface area contributed by atoms with Gasteiger partial charge in [-0.05, 0) is 39.4 Å². The van der Waals surface area contributed by atoms with E-state index in [2.05, 4.69) is 40.1 Å². The first-order chi connectivity index (χ1) is 6.33. The zero-order chi connectivity index (χ0) is 11.2. The predicted molar refractivity (Wildman–Crippen MR) is 67.2 cm³/mol. The molecule has 0 aliphatic heterocycles. The summed E-state index contributed by atoms with van der Waals surface area (Å²) in [7, 11) is -1.43. The molecule has 1 nitrogen and oxygen atoms in total. The van der Waals surface area contributed by atoms with E-state index in [0.717, 1.165) is 12.8 Å². The number of rotatable bonds is 7. The minimum Gasteiger partial charge on any atom is -0.412 e. The van der Waals surface area contributed by atoms with Crippen LogP contribution in [0.4, 0.5) is 0 Å². The molecule has 0 rings (SSSR count). The Hall–Kier alpha value is -0.0831. The van der Waals surface area contributed by atoms with Crippen LogP contribution >= 0.6 is 0 Å². The van der Waals surface area contributed by atoms with Crippen LogP contribution in [0, 0.1) is 0 Å². The van der Waals surface area contributed by atoms with Gasteiger partial charge >= 0.3 is 0 Å². The van der Waals surface area contributed by atoms with Gasteiger partial charge in [0.15, 0.2) is 8.32 Å². The summed E-state index contributed by atoms with van der Waals surface area (Å²) < 4.78 is 6.24. The zero-order valence-electron chi connectivity index (χ0n) is 10.5. The number of hydrogen-bond acceptors (Lipinski definition) is 1. The van der Waals surface area contributed by atoms with Gasteiger partial charge in [-0.2, -0.15) is 0 Å². The van der Waals surface area contributed by atoms with E-state index >= 15 is 0 Å². The molecule has 0 fully saturated rings. The fraction of sp³-hybridized carbons (Fsp3) is 0.833. The molecule has 0 amide bonds. The Labute approximate surface area is 90.7 Å². The second-order valence-corrected chi connectivity index (χ2v) is 9.69. The number of hydrogen-bond donors (Lipinski definition) is 0. The first-order valence-corrected chi connectivity index (χ1v) is 9.05. The molecule has 0 aromatic carbocycles. The summed E-state index contributed by atoms with van der Waals surface area (Å²) in [6, 6.07) is 0. The van der Waals surface area contributed by atoms with Gasteiger partial charge in [0, 0.05) is 0 Å². The van der Waals surface area contributed by atoms with Crippen molar-refractivity contribution in [3.05, 3.63) is 12.7 Å². The Bertz CT molecular complexity index is 172. The smallest absolute Gasteiger partial charge is 0.184 e. The monoisotopic (exact) mass is 214 g/mol. The molecule has 1 atom stereocenters. The van der Waals surface area contributed by atoms with E-state index in [9.17, 15) is 0 Å². The van der Waals surface area contributed by atoms with E-state index in [1.54, 1.807) is 0 Å². The molecule has 0 bridgehead atoms. The molecule has 14 heavy (non-hydrogen) atoms. The van der Waals surface area contributed by atoms with Crippen molar-refractivity contribution in [2.24, 2.45) is 0 Å². The van der Waals surface area contributed by atoms with E-state index < -0.39 is 8.32 Å². The minimum absolute atomic E-state index is 0.0300. The Morgan fingerprint density at radius 1 is 1.36 bits per heavy atom. The summed E-state index contributed by atoms with van der Waals surface area (Å²) in [6.07, 6.45) is 6.59. The molecular weight excluding hydrogens is 188 g/mol. The average Bonchev–Trinajstić information content (AvgIpc) is 1.98. The second kappa shape index (κ2) is 5.71. The van der Waals surface area contributed by atoms with Gasteiger partial charge in [-0.15, -0.1) is 6.58 Å². The van der Waals surface area contributed by atoms with Crippen molar-refractivity contribution < 1.29 is 4.43 Å². The Morgan fingerprint density at radius 2 is 1.93 bits per heavy atom. The van der Waals surface area contributed by atoms with E-state index in [-0.39, 0.29) is 5.60 Å². The van der Waals surface area contributed by atoms with Gasteiger partial charge in [-0.3, -0.25) is 0 Å². The summed E-state index contributed by atoms with van der Waals surface area (Å²) in [5.41, 5.74) is 0.0300. The van der Waals surface area contributed by atoms with E-state index in [0.29, 0.717) is 0 Å². The summed E-state index contributed by atoms with van der Waals surface area (Å²) in [4.78, 5) is 0. The van der Waals surface area contributed by atoms with Crippen LogP contribution in [0.25, 0.3) is 0 Å². The highest BCUT2D eigenvalue weighted by atomic mass is 28.4. The average molecular weight is 214 g/mol. The van der Waals surface area contributed by atoms with Crippen LogP contribution in [0.2, 0.25) is 19.6 Å². The maximum Gasteiger partial charge on any atom is 0.184 e. The summed E-state index contributed by atoms with van der Waals surface area (Å²) in [5, 5.41) is 0. The lowest BCUT2D eigenvalue weighted by Gasteiger charge is -2.35. The van der Waals surface area contributed by atoms with Crippen molar-refractivity contribution in [3.63, 3.8) is 0 Å². The maximum absolute atomic E-state index is 6.24. The van der Waals surface area contributed by atoms with Crippen LogP contribution < -0.4 is 0 Å². The Kier molecular flexibility index (Phi) is 5.68. The van der Waals surface area contributed by atoms with Gasteiger partial charge in [0.1, 0.15) is 0 Å². The summed E-state index contributed by atoms with van der Waals surface area (Å²) >= 11 is 0. The van der Waals surface area contributed by atoms with Crippen molar-refractivity contribution in [3.8, 4) is 0 Å². The largest absolute Gasteiger partial charge is 0.412 e. The topological polar surface area (TPSA) is 9.23 Å². The summed E-state index contributed by atoms with van der Waals surface area (Å²) in [6.45, 7) is 15.0. The standard InChI is InChI=1S/C12H26OSi/c1-7-9-11-12(3,10-8-2)13-14(4,5)6/h8H,2,7,9-11H2,1,3-6H3. The molecule has 0 radical (unpaired) electrons. The summed E-state index contributed by atoms with van der Waals surface area (Å²) in [5.74, 6) is 0. The van der Waals surface area contributed by atoms with Gasteiger partial charge in [0.25, 0.3) is 0 Å². The molecule has 0 aliphatic rings. The Balaban J connectivity index is 4.30. The zero-order valence-corrected chi connectivity index (χ0v) is 11.5. The van der Waals surface area contributed by atoms with Crippen molar-refractivity contribution in [2.45, 2.75) is 64.8 Å².